The van der Waals surface area contributed by atoms with Crippen molar-refractivity contribution in [1.29, 1.82) is 0 Å². The Balaban J connectivity index is 1.58. The van der Waals surface area contributed by atoms with Crippen LogP contribution in [0.25, 0.3) is 10.8 Å². The number of carbonyl (C=O) groups excluding carboxylic acids is 1. The van der Waals surface area contributed by atoms with Crippen LogP contribution in [-0.2, 0) is 18.3 Å². The molecule has 0 fully saturated rings. The van der Waals surface area contributed by atoms with Crippen LogP contribution in [0.5, 0.6) is 0 Å². The Morgan fingerprint density at radius 3 is 2.74 bits per heavy atom. The topological polar surface area (TPSA) is 72.7 Å². The first-order valence-corrected chi connectivity index (χ1v) is 7.63. The van der Waals surface area contributed by atoms with Crippen LogP contribution in [-0.4, -0.2) is 26.1 Å². The smallest absolute Gasteiger partial charge is 0.220 e. The summed E-state index contributed by atoms with van der Waals surface area (Å²) in [6.07, 6.45) is 1.15. The van der Waals surface area contributed by atoms with E-state index in [1.54, 1.807) is 11.7 Å². The lowest BCUT2D eigenvalue weighted by Gasteiger charge is -2.12. The molecule has 6 heteroatoms. The highest BCUT2D eigenvalue weighted by molar-refractivity contribution is 5.83. The molecule has 0 aliphatic heterocycles. The molecule has 0 saturated heterocycles. The van der Waals surface area contributed by atoms with Gasteiger partial charge in [-0.05, 0) is 40.1 Å². The fourth-order valence-electron chi connectivity index (χ4n) is 2.63. The van der Waals surface area contributed by atoms with Crippen molar-refractivity contribution >= 4 is 16.7 Å². The third-order valence-corrected chi connectivity index (χ3v) is 3.87. The number of benzene rings is 2. The molecule has 118 valence electrons. The molecule has 1 heterocycles. The summed E-state index contributed by atoms with van der Waals surface area (Å²) in [7, 11) is 1.76. The van der Waals surface area contributed by atoms with Crippen molar-refractivity contribution in [1.82, 2.24) is 25.5 Å². The summed E-state index contributed by atoms with van der Waals surface area (Å²) < 4.78 is 1.56. The SMILES string of the molecule is C[C@@H](NC(=O)CCc1ccc2ccccc2c1)c1nnnn1C. The Hall–Kier alpha value is -2.76. The number of aromatic nitrogens is 4. The normalized spacial score (nSPS) is 12.3. The minimum atomic E-state index is -0.209. The van der Waals surface area contributed by atoms with Crippen molar-refractivity contribution in [2.45, 2.75) is 25.8 Å². The van der Waals surface area contributed by atoms with Crippen molar-refractivity contribution in [3.63, 3.8) is 0 Å². The van der Waals surface area contributed by atoms with Crippen molar-refractivity contribution in [3.05, 3.63) is 53.9 Å². The van der Waals surface area contributed by atoms with E-state index in [9.17, 15) is 4.79 Å². The van der Waals surface area contributed by atoms with E-state index >= 15 is 0 Å². The van der Waals surface area contributed by atoms with E-state index in [4.69, 9.17) is 0 Å². The van der Waals surface area contributed by atoms with Gasteiger partial charge in [0.15, 0.2) is 5.82 Å². The van der Waals surface area contributed by atoms with Crippen LogP contribution < -0.4 is 5.32 Å². The minimum Gasteiger partial charge on any atom is -0.346 e. The third kappa shape index (κ3) is 3.53. The number of tetrazole rings is 1. The maximum absolute atomic E-state index is 12.1. The Labute approximate surface area is 134 Å². The van der Waals surface area contributed by atoms with Crippen LogP contribution in [0.1, 0.15) is 30.8 Å². The zero-order valence-electron chi connectivity index (χ0n) is 13.2. The Morgan fingerprint density at radius 2 is 2.00 bits per heavy atom. The highest BCUT2D eigenvalue weighted by atomic mass is 16.1. The summed E-state index contributed by atoms with van der Waals surface area (Å²) in [6.45, 7) is 1.87. The number of amides is 1. The highest BCUT2D eigenvalue weighted by Gasteiger charge is 2.14. The van der Waals surface area contributed by atoms with E-state index in [1.807, 2.05) is 19.1 Å². The number of rotatable bonds is 5. The predicted molar refractivity (Wildman–Crippen MR) is 87.6 cm³/mol. The molecule has 23 heavy (non-hydrogen) atoms. The van der Waals surface area contributed by atoms with Gasteiger partial charge in [-0.2, -0.15) is 0 Å². The molecule has 6 nitrogen and oxygen atoms in total. The van der Waals surface area contributed by atoms with Gasteiger partial charge in [-0.1, -0.05) is 42.5 Å². The van der Waals surface area contributed by atoms with Gasteiger partial charge in [0, 0.05) is 13.5 Å². The summed E-state index contributed by atoms with van der Waals surface area (Å²) in [5, 5.41) is 16.6. The Kier molecular flexibility index (Phi) is 4.32. The van der Waals surface area contributed by atoms with Crippen molar-refractivity contribution < 1.29 is 4.79 Å². The summed E-state index contributed by atoms with van der Waals surface area (Å²) in [6, 6.07) is 14.3. The van der Waals surface area contributed by atoms with E-state index < -0.39 is 0 Å². The zero-order valence-corrected chi connectivity index (χ0v) is 13.2. The van der Waals surface area contributed by atoms with Crippen molar-refractivity contribution in [2.24, 2.45) is 7.05 Å². The second-order valence-electron chi connectivity index (χ2n) is 5.63. The van der Waals surface area contributed by atoms with Gasteiger partial charge in [0.05, 0.1) is 6.04 Å². The fourth-order valence-corrected chi connectivity index (χ4v) is 2.63. The van der Waals surface area contributed by atoms with Gasteiger partial charge in [0.25, 0.3) is 0 Å². The average Bonchev–Trinajstić information content (AvgIpc) is 2.99. The largest absolute Gasteiger partial charge is 0.346 e. The van der Waals surface area contributed by atoms with Crippen LogP contribution in [0.15, 0.2) is 42.5 Å². The molecule has 0 aliphatic carbocycles. The number of nitrogens with zero attached hydrogens (tertiary/aromatic N) is 4. The zero-order chi connectivity index (χ0) is 16.2. The van der Waals surface area contributed by atoms with Crippen LogP contribution >= 0.6 is 0 Å². The first-order valence-electron chi connectivity index (χ1n) is 7.63. The summed E-state index contributed by atoms with van der Waals surface area (Å²) in [5.41, 5.74) is 1.16. The molecule has 3 aromatic rings. The maximum Gasteiger partial charge on any atom is 0.220 e. The molecule has 0 unspecified atom stereocenters. The Bertz CT molecular complexity index is 826. The first-order chi connectivity index (χ1) is 11.1. The standard InChI is InChI=1S/C17H19N5O/c1-12(17-19-20-21-22(17)2)18-16(23)10-8-13-7-9-14-5-3-4-6-15(14)11-13/h3-7,9,11-12H,8,10H2,1-2H3,(H,18,23)/t12-/m1/s1. The van der Waals surface area contributed by atoms with Crippen LogP contribution in [0.2, 0.25) is 0 Å². The molecule has 0 bridgehead atoms. The summed E-state index contributed by atoms with van der Waals surface area (Å²) in [5.74, 6) is 0.637. The van der Waals surface area contributed by atoms with Gasteiger partial charge in [-0.25, -0.2) is 4.68 Å². The lowest BCUT2D eigenvalue weighted by atomic mass is 10.0. The third-order valence-electron chi connectivity index (χ3n) is 3.87. The number of carbonyl (C=O) groups is 1. The van der Waals surface area contributed by atoms with Crippen LogP contribution in [0.3, 0.4) is 0 Å². The van der Waals surface area contributed by atoms with Crippen molar-refractivity contribution in [3.8, 4) is 0 Å². The molecular formula is C17H19N5O. The number of nitrogens with one attached hydrogen (secondary N) is 1. The summed E-state index contributed by atoms with van der Waals surface area (Å²) >= 11 is 0. The van der Waals surface area contributed by atoms with Crippen LogP contribution in [0, 0.1) is 0 Å². The van der Waals surface area contributed by atoms with Gasteiger partial charge < -0.3 is 5.32 Å². The molecular weight excluding hydrogens is 290 g/mol. The van der Waals surface area contributed by atoms with E-state index in [1.165, 1.54) is 10.8 Å². The monoisotopic (exact) mass is 309 g/mol. The van der Waals surface area contributed by atoms with E-state index in [2.05, 4.69) is 51.2 Å². The first kappa shape index (κ1) is 15.1. The molecule has 1 N–H and O–H groups in total. The molecule has 0 saturated carbocycles. The van der Waals surface area contributed by atoms with Gasteiger partial charge >= 0.3 is 0 Å². The quantitative estimate of drug-likeness (QED) is 0.784. The average molecular weight is 309 g/mol. The number of hydrogen-bond acceptors (Lipinski definition) is 4. The van der Waals surface area contributed by atoms with E-state index in [0.717, 1.165) is 5.56 Å². The van der Waals surface area contributed by atoms with Crippen molar-refractivity contribution in [2.75, 3.05) is 0 Å². The molecule has 1 aromatic heterocycles. The van der Waals surface area contributed by atoms with Gasteiger partial charge in [-0.3, -0.25) is 4.79 Å². The number of hydrogen-bond donors (Lipinski definition) is 1. The molecule has 1 atom stereocenters. The minimum absolute atomic E-state index is 0.00587. The molecule has 0 aliphatic rings. The lowest BCUT2D eigenvalue weighted by molar-refractivity contribution is -0.121. The predicted octanol–water partition coefficient (Wildman–Crippen LogP) is 2.17. The second-order valence-corrected chi connectivity index (χ2v) is 5.63. The Morgan fingerprint density at radius 1 is 1.22 bits per heavy atom. The lowest BCUT2D eigenvalue weighted by Crippen LogP contribution is -2.28. The maximum atomic E-state index is 12.1. The van der Waals surface area contributed by atoms with E-state index in [0.29, 0.717) is 18.7 Å². The molecule has 3 rings (SSSR count). The number of aryl methyl sites for hydroxylation is 2. The van der Waals surface area contributed by atoms with Crippen LogP contribution in [0.4, 0.5) is 0 Å². The highest BCUT2D eigenvalue weighted by Crippen LogP contribution is 2.16. The summed E-state index contributed by atoms with van der Waals surface area (Å²) in [4.78, 5) is 12.1. The van der Waals surface area contributed by atoms with Gasteiger partial charge in [0.1, 0.15) is 0 Å². The van der Waals surface area contributed by atoms with Gasteiger partial charge in [0.2, 0.25) is 5.91 Å². The molecule has 0 spiro atoms. The molecule has 1 amide bonds. The van der Waals surface area contributed by atoms with E-state index in [-0.39, 0.29) is 11.9 Å². The number of fused-ring (bicyclic) bond motifs is 1. The molecule has 2 aromatic carbocycles. The second kappa shape index (κ2) is 6.56. The fraction of sp³-hybridized carbons (Fsp3) is 0.294. The molecule has 0 radical (unpaired) electrons. The van der Waals surface area contributed by atoms with Gasteiger partial charge in [-0.15, -0.1) is 5.10 Å².